The predicted octanol–water partition coefficient (Wildman–Crippen LogP) is 6.81. The fourth-order valence-electron chi connectivity index (χ4n) is 2.78. The number of rotatable bonds is 19. The Kier molecular flexibility index (Phi) is 20.9. The first-order valence-corrected chi connectivity index (χ1v) is 10.9. The fraction of sp³-hybridized carbons (Fsp3) is 0.826. The lowest BCUT2D eigenvalue weighted by Crippen LogP contribution is -2.26. The van der Waals surface area contributed by atoms with Crippen LogP contribution < -0.4 is 5.32 Å². The van der Waals surface area contributed by atoms with E-state index < -0.39 is 0 Å². The Balaban J connectivity index is 3.19. The minimum atomic E-state index is 0.345. The molecule has 2 nitrogen and oxygen atoms in total. The average molecular weight is 352 g/mol. The number of likely N-dealkylation sites (N-methyl/N-ethyl adjacent to an activating group) is 1. The standard InChI is InChI=1S/C23H45NO/c1-4-6-7-8-9-10-11-12-13-14-15-16-17-18-19-20-21-25-23(3)22-24-5-2/h9-10,12-13,23-24H,4-8,11,14-22H2,1-3H3/b10-9-,13-12-. The number of hydrogen-bond donors (Lipinski definition) is 1. The molecule has 0 radical (unpaired) electrons. The van der Waals surface area contributed by atoms with Crippen molar-refractivity contribution in [2.75, 3.05) is 19.7 Å². The SMILES string of the molecule is CCCCC/C=C\C/C=C\CCCCCCCCOC(C)CNCC. The largest absolute Gasteiger partial charge is 0.377 e. The summed E-state index contributed by atoms with van der Waals surface area (Å²) in [5.74, 6) is 0. The molecule has 0 aromatic heterocycles. The molecule has 0 aliphatic rings. The molecule has 0 aliphatic heterocycles. The fourth-order valence-corrected chi connectivity index (χ4v) is 2.78. The zero-order chi connectivity index (χ0) is 18.4. The highest BCUT2D eigenvalue weighted by Crippen LogP contribution is 2.08. The molecule has 148 valence electrons. The summed E-state index contributed by atoms with van der Waals surface area (Å²) in [6.45, 7) is 9.46. The van der Waals surface area contributed by atoms with E-state index in [0.29, 0.717) is 6.10 Å². The van der Waals surface area contributed by atoms with Crippen LogP contribution in [0, 0.1) is 0 Å². The van der Waals surface area contributed by atoms with Gasteiger partial charge in [0, 0.05) is 13.2 Å². The van der Waals surface area contributed by atoms with Gasteiger partial charge in [-0.1, -0.05) is 76.7 Å². The monoisotopic (exact) mass is 351 g/mol. The van der Waals surface area contributed by atoms with Gasteiger partial charge in [0.2, 0.25) is 0 Å². The van der Waals surface area contributed by atoms with Gasteiger partial charge in [-0.3, -0.25) is 0 Å². The van der Waals surface area contributed by atoms with Gasteiger partial charge in [0.15, 0.2) is 0 Å². The van der Waals surface area contributed by atoms with E-state index in [0.717, 1.165) is 26.1 Å². The van der Waals surface area contributed by atoms with Crippen LogP contribution >= 0.6 is 0 Å². The highest BCUT2D eigenvalue weighted by Gasteiger charge is 2.00. The summed E-state index contributed by atoms with van der Waals surface area (Å²) in [7, 11) is 0. The average Bonchev–Trinajstić information content (AvgIpc) is 2.62. The van der Waals surface area contributed by atoms with E-state index in [-0.39, 0.29) is 0 Å². The van der Waals surface area contributed by atoms with Crippen LogP contribution in [-0.4, -0.2) is 25.8 Å². The van der Waals surface area contributed by atoms with Crippen molar-refractivity contribution >= 4 is 0 Å². The van der Waals surface area contributed by atoms with Crippen molar-refractivity contribution in [1.29, 1.82) is 0 Å². The van der Waals surface area contributed by atoms with Gasteiger partial charge < -0.3 is 10.1 Å². The molecule has 0 spiro atoms. The zero-order valence-corrected chi connectivity index (χ0v) is 17.4. The van der Waals surface area contributed by atoms with E-state index in [4.69, 9.17) is 4.74 Å². The van der Waals surface area contributed by atoms with Crippen LogP contribution in [0.4, 0.5) is 0 Å². The molecule has 0 saturated heterocycles. The van der Waals surface area contributed by atoms with Crippen molar-refractivity contribution in [1.82, 2.24) is 5.32 Å². The van der Waals surface area contributed by atoms with E-state index in [1.165, 1.54) is 70.6 Å². The summed E-state index contributed by atoms with van der Waals surface area (Å²) in [6.07, 6.45) is 25.3. The molecule has 1 atom stereocenters. The van der Waals surface area contributed by atoms with Crippen molar-refractivity contribution in [2.45, 2.75) is 104 Å². The first kappa shape index (κ1) is 24.4. The van der Waals surface area contributed by atoms with E-state index >= 15 is 0 Å². The molecule has 1 unspecified atom stereocenters. The molecule has 0 amide bonds. The first-order valence-electron chi connectivity index (χ1n) is 10.9. The van der Waals surface area contributed by atoms with E-state index in [1.54, 1.807) is 0 Å². The molecule has 0 aromatic rings. The lowest BCUT2D eigenvalue weighted by Gasteiger charge is -2.13. The molecule has 0 heterocycles. The lowest BCUT2D eigenvalue weighted by molar-refractivity contribution is 0.0634. The molecule has 0 rings (SSSR count). The van der Waals surface area contributed by atoms with Gasteiger partial charge in [-0.15, -0.1) is 0 Å². The van der Waals surface area contributed by atoms with Crippen molar-refractivity contribution in [2.24, 2.45) is 0 Å². The van der Waals surface area contributed by atoms with Crippen LogP contribution in [0.15, 0.2) is 24.3 Å². The molecule has 0 aliphatic carbocycles. The first-order chi connectivity index (χ1) is 12.3. The van der Waals surface area contributed by atoms with Gasteiger partial charge >= 0.3 is 0 Å². The second kappa shape index (κ2) is 21.4. The normalized spacial score (nSPS) is 13.2. The number of allylic oxidation sites excluding steroid dienone is 4. The van der Waals surface area contributed by atoms with Crippen molar-refractivity contribution in [3.05, 3.63) is 24.3 Å². The molecular formula is C23H45NO. The van der Waals surface area contributed by atoms with E-state index in [9.17, 15) is 0 Å². The van der Waals surface area contributed by atoms with Crippen LogP contribution in [0.5, 0.6) is 0 Å². The quantitative estimate of drug-likeness (QED) is 0.204. The van der Waals surface area contributed by atoms with Crippen LogP contribution in [0.3, 0.4) is 0 Å². The van der Waals surface area contributed by atoms with Crippen LogP contribution in [0.2, 0.25) is 0 Å². The Bertz CT molecular complexity index is 298. The van der Waals surface area contributed by atoms with Crippen LogP contribution in [0.1, 0.15) is 97.8 Å². The van der Waals surface area contributed by atoms with E-state index in [2.05, 4.69) is 50.4 Å². The highest BCUT2D eigenvalue weighted by molar-refractivity contribution is 4.92. The molecule has 2 heteroatoms. The molecule has 0 fully saturated rings. The Morgan fingerprint density at radius 2 is 1.36 bits per heavy atom. The zero-order valence-electron chi connectivity index (χ0n) is 17.4. The maximum Gasteiger partial charge on any atom is 0.0671 e. The Hall–Kier alpha value is -0.600. The van der Waals surface area contributed by atoms with Gasteiger partial charge in [-0.05, 0) is 52.0 Å². The van der Waals surface area contributed by atoms with Gasteiger partial charge in [-0.2, -0.15) is 0 Å². The van der Waals surface area contributed by atoms with Gasteiger partial charge in [0.05, 0.1) is 6.10 Å². The van der Waals surface area contributed by atoms with Gasteiger partial charge in [0.1, 0.15) is 0 Å². The topological polar surface area (TPSA) is 21.3 Å². The molecule has 1 N–H and O–H groups in total. The number of nitrogens with one attached hydrogen (secondary N) is 1. The second-order valence-corrected chi connectivity index (χ2v) is 7.07. The predicted molar refractivity (Wildman–Crippen MR) is 113 cm³/mol. The maximum absolute atomic E-state index is 5.79. The molecule has 0 bridgehead atoms. The number of ether oxygens (including phenoxy) is 1. The summed E-state index contributed by atoms with van der Waals surface area (Å²) < 4.78 is 5.79. The Morgan fingerprint density at radius 1 is 0.760 bits per heavy atom. The summed E-state index contributed by atoms with van der Waals surface area (Å²) in [5.41, 5.74) is 0. The van der Waals surface area contributed by atoms with E-state index in [1.807, 2.05) is 0 Å². The third-order valence-electron chi connectivity index (χ3n) is 4.43. The van der Waals surface area contributed by atoms with Crippen molar-refractivity contribution in [3.8, 4) is 0 Å². The minimum Gasteiger partial charge on any atom is -0.377 e. The molecule has 0 saturated carbocycles. The second-order valence-electron chi connectivity index (χ2n) is 7.07. The van der Waals surface area contributed by atoms with Gasteiger partial charge in [-0.25, -0.2) is 0 Å². The molecular weight excluding hydrogens is 306 g/mol. The minimum absolute atomic E-state index is 0.345. The van der Waals surface area contributed by atoms with Crippen molar-refractivity contribution in [3.63, 3.8) is 0 Å². The van der Waals surface area contributed by atoms with Crippen molar-refractivity contribution < 1.29 is 4.74 Å². The molecule has 0 aromatic carbocycles. The maximum atomic E-state index is 5.79. The number of hydrogen-bond acceptors (Lipinski definition) is 2. The summed E-state index contributed by atoms with van der Waals surface area (Å²) in [6, 6.07) is 0. The number of unbranched alkanes of at least 4 members (excludes halogenated alkanes) is 9. The summed E-state index contributed by atoms with van der Waals surface area (Å²) in [5, 5.41) is 3.32. The lowest BCUT2D eigenvalue weighted by atomic mass is 10.1. The molecule has 25 heavy (non-hydrogen) atoms. The smallest absolute Gasteiger partial charge is 0.0671 e. The Labute approximate surface area is 158 Å². The van der Waals surface area contributed by atoms with Crippen LogP contribution in [0.25, 0.3) is 0 Å². The van der Waals surface area contributed by atoms with Gasteiger partial charge in [0.25, 0.3) is 0 Å². The third kappa shape index (κ3) is 21.4. The van der Waals surface area contributed by atoms with Crippen LogP contribution in [-0.2, 0) is 4.74 Å². The highest BCUT2D eigenvalue weighted by atomic mass is 16.5. The Morgan fingerprint density at radius 3 is 2.00 bits per heavy atom. The third-order valence-corrected chi connectivity index (χ3v) is 4.43. The summed E-state index contributed by atoms with van der Waals surface area (Å²) in [4.78, 5) is 0. The summed E-state index contributed by atoms with van der Waals surface area (Å²) >= 11 is 0.